The molecule has 0 spiro atoms. The first-order valence-electron chi connectivity index (χ1n) is 10.5. The summed E-state index contributed by atoms with van der Waals surface area (Å²) in [5, 5.41) is 4.91. The maximum Gasteiger partial charge on any atom is 0.133 e. The van der Waals surface area contributed by atoms with Gasteiger partial charge < -0.3 is 14.0 Å². The highest BCUT2D eigenvalue weighted by Gasteiger charge is 2.19. The Morgan fingerprint density at radius 2 is 1.52 bits per heavy atom. The Bertz CT molecular complexity index is 1720. The van der Waals surface area contributed by atoms with Crippen molar-refractivity contribution in [2.45, 2.75) is 0 Å². The van der Waals surface area contributed by atoms with Crippen LogP contribution in [-0.4, -0.2) is 9.55 Å². The zero-order valence-electron chi connectivity index (χ0n) is 16.7. The second-order valence-electron chi connectivity index (χ2n) is 7.94. The van der Waals surface area contributed by atoms with Crippen LogP contribution in [0, 0.1) is 0 Å². The number of nitrogens with zero attached hydrogens (tertiary/aromatic N) is 1. The van der Waals surface area contributed by atoms with Crippen molar-refractivity contribution in [2.75, 3.05) is 0 Å². The quantitative estimate of drug-likeness (QED) is 0.318. The summed E-state index contributed by atoms with van der Waals surface area (Å²) in [6.07, 6.45) is 1.72. The van der Waals surface area contributed by atoms with Crippen molar-refractivity contribution in [1.29, 1.82) is 0 Å². The van der Waals surface area contributed by atoms with Crippen molar-refractivity contribution in [3.8, 4) is 17.0 Å². The van der Waals surface area contributed by atoms with E-state index >= 15 is 0 Å². The Kier molecular flexibility index (Phi) is 3.27. The fourth-order valence-electron chi connectivity index (χ4n) is 4.85. The topological polar surface area (TPSA) is 33.9 Å². The third-order valence-electron chi connectivity index (χ3n) is 6.21. The number of nitrogens with one attached hydrogen (secondary N) is 1. The Balaban J connectivity index is 1.71. The molecule has 0 atom stereocenters. The molecule has 1 N–H and O–H groups in total. The van der Waals surface area contributed by atoms with E-state index in [-0.39, 0.29) is 0 Å². The van der Waals surface area contributed by atoms with Crippen molar-refractivity contribution in [1.82, 2.24) is 9.55 Å². The number of aromatic nitrogens is 2. The van der Waals surface area contributed by atoms with E-state index in [1.807, 2.05) is 12.1 Å². The second-order valence-corrected chi connectivity index (χ2v) is 7.94. The molecule has 0 aliphatic rings. The average Bonchev–Trinajstić information content (AvgIpc) is 3.55. The summed E-state index contributed by atoms with van der Waals surface area (Å²) in [7, 11) is 0. The van der Waals surface area contributed by atoms with Gasteiger partial charge in [-0.15, -0.1) is 0 Å². The molecule has 7 rings (SSSR count). The zero-order valence-corrected chi connectivity index (χ0v) is 16.7. The number of rotatable bonds is 2. The minimum Gasteiger partial charge on any atom is -0.464 e. The first-order chi connectivity index (χ1) is 15.4. The van der Waals surface area contributed by atoms with E-state index in [1.54, 1.807) is 6.26 Å². The van der Waals surface area contributed by atoms with E-state index in [1.165, 1.54) is 32.6 Å². The molecule has 0 fully saturated rings. The Labute approximate surface area is 178 Å². The average molecular weight is 398 g/mol. The summed E-state index contributed by atoms with van der Waals surface area (Å²) in [6, 6.07) is 34.1. The molecule has 31 heavy (non-hydrogen) atoms. The SMILES string of the molecule is c1ccc(-n2c3c4ccccc4ccc3c3[nH]c4ccc(-c5ccco5)cc4c32)cc1. The van der Waals surface area contributed by atoms with Gasteiger partial charge in [-0.25, -0.2) is 0 Å². The van der Waals surface area contributed by atoms with Gasteiger partial charge in [-0.1, -0.05) is 54.6 Å². The minimum absolute atomic E-state index is 0.879. The molecule has 0 unspecified atom stereocenters. The summed E-state index contributed by atoms with van der Waals surface area (Å²) in [5.41, 5.74) is 6.95. The minimum atomic E-state index is 0.879. The van der Waals surface area contributed by atoms with Crippen LogP contribution in [0.3, 0.4) is 0 Å². The highest BCUT2D eigenvalue weighted by molar-refractivity contribution is 6.23. The van der Waals surface area contributed by atoms with Crippen LogP contribution in [0.4, 0.5) is 0 Å². The van der Waals surface area contributed by atoms with Gasteiger partial charge >= 0.3 is 0 Å². The number of H-pyrrole nitrogens is 1. The van der Waals surface area contributed by atoms with Gasteiger partial charge in [0.05, 0.1) is 22.8 Å². The number of benzene rings is 4. The predicted molar refractivity (Wildman–Crippen MR) is 128 cm³/mol. The van der Waals surface area contributed by atoms with Crippen molar-refractivity contribution >= 4 is 43.6 Å². The monoisotopic (exact) mass is 398 g/mol. The van der Waals surface area contributed by atoms with E-state index in [9.17, 15) is 0 Å². The molecule has 0 aliphatic carbocycles. The number of hydrogen-bond donors (Lipinski definition) is 1. The molecular weight excluding hydrogens is 380 g/mol. The van der Waals surface area contributed by atoms with Crippen molar-refractivity contribution in [2.24, 2.45) is 0 Å². The highest BCUT2D eigenvalue weighted by atomic mass is 16.3. The largest absolute Gasteiger partial charge is 0.464 e. The van der Waals surface area contributed by atoms with Crippen LogP contribution in [0.1, 0.15) is 0 Å². The van der Waals surface area contributed by atoms with Crippen LogP contribution in [-0.2, 0) is 0 Å². The van der Waals surface area contributed by atoms with Gasteiger partial charge in [0.25, 0.3) is 0 Å². The van der Waals surface area contributed by atoms with Crippen LogP contribution in [0.25, 0.3) is 60.6 Å². The second kappa shape index (κ2) is 6.13. The molecule has 0 amide bonds. The summed E-state index contributed by atoms with van der Waals surface area (Å²) < 4.78 is 8.07. The van der Waals surface area contributed by atoms with E-state index in [4.69, 9.17) is 4.42 Å². The molecular formula is C28H18N2O. The lowest BCUT2D eigenvalue weighted by Gasteiger charge is -2.10. The van der Waals surface area contributed by atoms with Gasteiger partial charge in [-0.3, -0.25) is 0 Å². The fourth-order valence-corrected chi connectivity index (χ4v) is 4.85. The summed E-state index contributed by atoms with van der Waals surface area (Å²) in [4.78, 5) is 3.70. The molecule has 146 valence electrons. The fraction of sp³-hybridized carbons (Fsp3) is 0. The molecule has 0 aliphatic heterocycles. The summed E-state index contributed by atoms with van der Waals surface area (Å²) >= 11 is 0. The summed E-state index contributed by atoms with van der Waals surface area (Å²) in [6.45, 7) is 0. The van der Waals surface area contributed by atoms with Crippen molar-refractivity contribution in [3.05, 3.63) is 103 Å². The van der Waals surface area contributed by atoms with Crippen LogP contribution >= 0.6 is 0 Å². The number of fused-ring (bicyclic) bond motifs is 7. The highest BCUT2D eigenvalue weighted by Crippen LogP contribution is 2.40. The van der Waals surface area contributed by atoms with Gasteiger partial charge in [0.1, 0.15) is 5.76 Å². The lowest BCUT2D eigenvalue weighted by molar-refractivity contribution is 0.582. The van der Waals surface area contributed by atoms with E-state index in [0.717, 1.165) is 28.0 Å². The maximum atomic E-state index is 5.67. The number of furan rings is 1. The van der Waals surface area contributed by atoms with E-state index in [2.05, 4.69) is 94.5 Å². The van der Waals surface area contributed by atoms with Crippen molar-refractivity contribution < 1.29 is 4.42 Å². The molecule has 3 heterocycles. The van der Waals surface area contributed by atoms with Gasteiger partial charge in [0, 0.05) is 32.9 Å². The molecule has 0 saturated carbocycles. The molecule has 0 saturated heterocycles. The Morgan fingerprint density at radius 3 is 2.39 bits per heavy atom. The number of aromatic amines is 1. The van der Waals surface area contributed by atoms with Gasteiger partial charge in [-0.05, 0) is 47.9 Å². The van der Waals surface area contributed by atoms with Gasteiger partial charge in [0.2, 0.25) is 0 Å². The van der Waals surface area contributed by atoms with E-state index in [0.29, 0.717) is 0 Å². The standard InChI is InChI=1S/C28H18N2O/c1-2-8-20(9-3-1)30-27-21-10-5-4-7-18(21)12-14-22(27)26-28(30)23-17-19(13-15-24(23)29-26)25-11-6-16-31-25/h1-17,29H. The Morgan fingerprint density at radius 1 is 0.645 bits per heavy atom. The first-order valence-corrected chi connectivity index (χ1v) is 10.5. The maximum absolute atomic E-state index is 5.67. The summed E-state index contributed by atoms with van der Waals surface area (Å²) in [5.74, 6) is 0.879. The lowest BCUT2D eigenvalue weighted by Crippen LogP contribution is -1.94. The first kappa shape index (κ1) is 16.5. The molecule has 7 aromatic rings. The lowest BCUT2D eigenvalue weighted by atomic mass is 10.1. The van der Waals surface area contributed by atoms with Crippen LogP contribution in [0.5, 0.6) is 0 Å². The van der Waals surface area contributed by atoms with Gasteiger partial charge in [-0.2, -0.15) is 0 Å². The van der Waals surface area contributed by atoms with Crippen molar-refractivity contribution in [3.63, 3.8) is 0 Å². The third-order valence-corrected chi connectivity index (χ3v) is 6.21. The molecule has 3 heteroatoms. The van der Waals surface area contributed by atoms with Gasteiger partial charge in [0.15, 0.2) is 0 Å². The van der Waals surface area contributed by atoms with E-state index < -0.39 is 0 Å². The van der Waals surface area contributed by atoms with Crippen LogP contribution in [0.2, 0.25) is 0 Å². The predicted octanol–water partition coefficient (Wildman–Crippen LogP) is 7.68. The molecule has 0 radical (unpaired) electrons. The molecule has 3 nitrogen and oxygen atoms in total. The number of para-hydroxylation sites is 1. The molecule has 4 aromatic carbocycles. The van der Waals surface area contributed by atoms with Crippen LogP contribution < -0.4 is 0 Å². The van der Waals surface area contributed by atoms with Crippen LogP contribution in [0.15, 0.2) is 108 Å². The zero-order chi connectivity index (χ0) is 20.4. The Hall–Kier alpha value is -4.24. The number of hydrogen-bond acceptors (Lipinski definition) is 1. The third kappa shape index (κ3) is 2.29. The molecule has 3 aromatic heterocycles. The smallest absolute Gasteiger partial charge is 0.133 e. The normalized spacial score (nSPS) is 11.9. The molecule has 0 bridgehead atoms.